The molecule has 2 atom stereocenters. The third-order valence-electron chi connectivity index (χ3n) is 5.03. The number of likely N-dealkylation sites (tertiary alicyclic amines) is 1. The maximum atomic E-state index is 13.1. The summed E-state index contributed by atoms with van der Waals surface area (Å²) in [5.41, 5.74) is 1.69. The summed E-state index contributed by atoms with van der Waals surface area (Å²) in [7, 11) is 1.84. The van der Waals surface area contributed by atoms with E-state index < -0.39 is 0 Å². The highest BCUT2D eigenvalue weighted by atomic mass is 79.9. The van der Waals surface area contributed by atoms with Gasteiger partial charge in [0.1, 0.15) is 5.69 Å². The summed E-state index contributed by atoms with van der Waals surface area (Å²) in [6, 6.07) is 10.5. The maximum absolute atomic E-state index is 13.1. The first-order valence-electron chi connectivity index (χ1n) is 8.83. The first kappa shape index (κ1) is 18.1. The average molecular weight is 405 g/mol. The van der Waals surface area contributed by atoms with Crippen molar-refractivity contribution in [3.8, 4) is 0 Å². The van der Waals surface area contributed by atoms with Crippen LogP contribution in [0.4, 0.5) is 0 Å². The maximum Gasteiger partial charge on any atom is 0.274 e. The predicted molar refractivity (Wildman–Crippen MR) is 102 cm³/mol. The normalized spacial score (nSPS) is 20.4. The van der Waals surface area contributed by atoms with Crippen molar-refractivity contribution < 1.29 is 4.79 Å². The third-order valence-corrected chi connectivity index (χ3v) is 5.53. The standard InChI is InChI=1S/C19H25BrN4O/c1-4-23(5-2)16-12-18(14-7-6-8-15(20)11-14)24(13-16)19(25)17-9-10-22(3)21-17/h6-11,16,18H,4-5,12-13H2,1-3H3. The van der Waals surface area contributed by atoms with Crippen LogP contribution < -0.4 is 0 Å². The first-order valence-corrected chi connectivity index (χ1v) is 9.62. The molecule has 1 saturated heterocycles. The molecule has 0 N–H and O–H groups in total. The van der Waals surface area contributed by atoms with Crippen molar-refractivity contribution >= 4 is 21.8 Å². The van der Waals surface area contributed by atoms with Crippen molar-refractivity contribution in [3.05, 3.63) is 52.3 Å². The summed E-state index contributed by atoms with van der Waals surface area (Å²) in [4.78, 5) is 17.5. The smallest absolute Gasteiger partial charge is 0.274 e. The zero-order chi connectivity index (χ0) is 18.0. The number of halogens is 1. The Kier molecular flexibility index (Phi) is 5.59. The van der Waals surface area contributed by atoms with E-state index in [9.17, 15) is 4.79 Å². The molecule has 0 aliphatic carbocycles. The summed E-state index contributed by atoms with van der Waals surface area (Å²) in [6.07, 6.45) is 2.77. The number of rotatable bonds is 5. The second-order valence-electron chi connectivity index (χ2n) is 6.51. The molecule has 1 aromatic carbocycles. The Morgan fingerprint density at radius 1 is 1.32 bits per heavy atom. The van der Waals surface area contributed by atoms with E-state index in [1.165, 1.54) is 5.56 Å². The molecule has 0 radical (unpaired) electrons. The number of carbonyl (C=O) groups excluding carboxylic acids is 1. The van der Waals surface area contributed by atoms with Crippen molar-refractivity contribution in [2.24, 2.45) is 7.05 Å². The van der Waals surface area contributed by atoms with Crippen LogP contribution in [0.1, 0.15) is 42.4 Å². The van der Waals surface area contributed by atoms with Gasteiger partial charge in [0.15, 0.2) is 0 Å². The van der Waals surface area contributed by atoms with Gasteiger partial charge in [0.05, 0.1) is 6.04 Å². The van der Waals surface area contributed by atoms with Crippen LogP contribution in [-0.2, 0) is 7.05 Å². The Bertz CT molecular complexity index is 741. The zero-order valence-electron chi connectivity index (χ0n) is 15.0. The minimum absolute atomic E-state index is 0.0141. The molecule has 25 heavy (non-hydrogen) atoms. The number of benzene rings is 1. The fraction of sp³-hybridized carbons (Fsp3) is 0.474. The van der Waals surface area contributed by atoms with Crippen LogP contribution in [0, 0.1) is 0 Å². The molecule has 3 rings (SSSR count). The van der Waals surface area contributed by atoms with E-state index in [4.69, 9.17) is 0 Å². The average Bonchev–Trinajstić information content (AvgIpc) is 3.22. The number of amides is 1. The molecular formula is C19H25BrN4O. The van der Waals surface area contributed by atoms with Gasteiger partial charge in [0.25, 0.3) is 5.91 Å². The molecule has 2 unspecified atom stereocenters. The number of aryl methyl sites for hydroxylation is 1. The molecule has 2 aromatic rings. The number of hydrogen-bond acceptors (Lipinski definition) is 3. The monoisotopic (exact) mass is 404 g/mol. The Hall–Kier alpha value is -1.66. The number of aromatic nitrogens is 2. The van der Waals surface area contributed by atoms with Crippen molar-refractivity contribution in [2.75, 3.05) is 19.6 Å². The summed E-state index contributed by atoms with van der Waals surface area (Å²) < 4.78 is 2.72. The van der Waals surface area contributed by atoms with E-state index >= 15 is 0 Å². The molecule has 0 saturated carbocycles. The molecule has 1 aliphatic heterocycles. The zero-order valence-corrected chi connectivity index (χ0v) is 16.6. The van der Waals surface area contributed by atoms with Crippen molar-refractivity contribution in [1.29, 1.82) is 0 Å². The Morgan fingerprint density at radius 3 is 2.68 bits per heavy atom. The van der Waals surface area contributed by atoms with E-state index in [-0.39, 0.29) is 11.9 Å². The van der Waals surface area contributed by atoms with Crippen molar-refractivity contribution in [2.45, 2.75) is 32.4 Å². The first-order chi connectivity index (χ1) is 12.0. The van der Waals surface area contributed by atoms with Gasteiger partial charge in [-0.25, -0.2) is 0 Å². The topological polar surface area (TPSA) is 41.4 Å². The van der Waals surface area contributed by atoms with Crippen LogP contribution in [0.5, 0.6) is 0 Å². The van der Waals surface area contributed by atoms with Crippen LogP contribution in [0.2, 0.25) is 0 Å². The third kappa shape index (κ3) is 3.80. The van der Waals surface area contributed by atoms with Crippen LogP contribution in [-0.4, -0.2) is 51.2 Å². The SMILES string of the molecule is CCN(CC)C1CC(c2cccc(Br)c2)N(C(=O)c2ccn(C)n2)C1. The molecule has 5 nitrogen and oxygen atoms in total. The molecule has 6 heteroatoms. The highest BCUT2D eigenvalue weighted by molar-refractivity contribution is 9.10. The molecule has 1 amide bonds. The molecule has 1 aliphatic rings. The lowest BCUT2D eigenvalue weighted by Gasteiger charge is -2.26. The van der Waals surface area contributed by atoms with Gasteiger partial charge < -0.3 is 4.90 Å². The summed E-state index contributed by atoms with van der Waals surface area (Å²) in [5, 5.41) is 4.31. The number of likely N-dealkylation sites (N-methyl/N-ethyl adjacent to an activating group) is 1. The van der Waals surface area contributed by atoms with E-state index in [0.29, 0.717) is 11.7 Å². The minimum atomic E-state index is 0.0141. The number of nitrogens with zero attached hydrogens (tertiary/aromatic N) is 4. The number of carbonyl (C=O) groups is 1. The van der Waals surface area contributed by atoms with Crippen LogP contribution in [0.3, 0.4) is 0 Å². The van der Waals surface area contributed by atoms with Gasteiger partial charge in [-0.1, -0.05) is 41.9 Å². The molecule has 1 aromatic heterocycles. The predicted octanol–water partition coefficient (Wildman–Crippen LogP) is 3.48. The Morgan fingerprint density at radius 2 is 2.08 bits per heavy atom. The van der Waals surface area contributed by atoms with Gasteiger partial charge in [0, 0.05) is 30.3 Å². The van der Waals surface area contributed by atoms with E-state index in [2.05, 4.69) is 51.9 Å². The van der Waals surface area contributed by atoms with E-state index in [1.54, 1.807) is 10.7 Å². The van der Waals surface area contributed by atoms with Gasteiger partial charge in [-0.15, -0.1) is 0 Å². The quantitative estimate of drug-likeness (QED) is 0.765. The van der Waals surface area contributed by atoms with Gasteiger partial charge in [-0.3, -0.25) is 14.4 Å². The fourth-order valence-corrected chi connectivity index (χ4v) is 4.17. The summed E-state index contributed by atoms with van der Waals surface area (Å²) >= 11 is 3.56. The molecule has 0 bridgehead atoms. The molecular weight excluding hydrogens is 380 g/mol. The second kappa shape index (κ2) is 7.70. The van der Waals surface area contributed by atoms with Gasteiger partial charge in [-0.05, 0) is 43.3 Å². The lowest BCUT2D eigenvalue weighted by Crippen LogP contribution is -2.39. The molecule has 1 fully saturated rings. The second-order valence-corrected chi connectivity index (χ2v) is 7.43. The lowest BCUT2D eigenvalue weighted by atomic mass is 10.0. The van der Waals surface area contributed by atoms with Gasteiger partial charge in [0.2, 0.25) is 0 Å². The Balaban J connectivity index is 1.92. The van der Waals surface area contributed by atoms with Crippen LogP contribution in [0.25, 0.3) is 0 Å². The van der Waals surface area contributed by atoms with Crippen molar-refractivity contribution in [3.63, 3.8) is 0 Å². The van der Waals surface area contributed by atoms with Gasteiger partial charge >= 0.3 is 0 Å². The van der Waals surface area contributed by atoms with Crippen LogP contribution >= 0.6 is 15.9 Å². The number of hydrogen-bond donors (Lipinski definition) is 0. The minimum Gasteiger partial charge on any atom is -0.329 e. The van der Waals surface area contributed by atoms with E-state index in [1.807, 2.05) is 30.3 Å². The summed E-state index contributed by atoms with van der Waals surface area (Å²) in [5.74, 6) is 0.0141. The highest BCUT2D eigenvalue weighted by Gasteiger charge is 2.39. The fourth-order valence-electron chi connectivity index (χ4n) is 3.75. The molecule has 2 heterocycles. The molecule has 134 valence electrons. The summed E-state index contributed by atoms with van der Waals surface area (Å²) in [6.45, 7) is 7.10. The van der Waals surface area contributed by atoms with Crippen molar-refractivity contribution in [1.82, 2.24) is 19.6 Å². The van der Waals surface area contributed by atoms with Gasteiger partial charge in [-0.2, -0.15) is 5.10 Å². The molecule has 0 spiro atoms. The van der Waals surface area contributed by atoms with E-state index in [0.717, 1.165) is 30.5 Å². The largest absolute Gasteiger partial charge is 0.329 e. The highest BCUT2D eigenvalue weighted by Crippen LogP contribution is 2.36. The lowest BCUT2D eigenvalue weighted by molar-refractivity contribution is 0.0718. The Labute approximate surface area is 157 Å². The van der Waals surface area contributed by atoms with Crippen LogP contribution in [0.15, 0.2) is 41.0 Å².